The normalized spacial score (nSPS) is 14.5. The maximum absolute atomic E-state index is 13.0. The van der Waals surface area contributed by atoms with Crippen molar-refractivity contribution in [1.82, 2.24) is 20.0 Å². The fraction of sp³-hybridized carbons (Fsp3) is 0.370. The quantitative estimate of drug-likeness (QED) is 0.471. The molecule has 184 valence electrons. The predicted octanol–water partition coefficient (Wildman–Crippen LogP) is 3.93. The Hall–Kier alpha value is -3.65. The summed E-state index contributed by atoms with van der Waals surface area (Å²) in [6.45, 7) is 6.39. The number of para-hydroxylation sites is 1. The Bertz CT molecular complexity index is 1170. The number of aromatic nitrogens is 2. The highest BCUT2D eigenvalue weighted by Gasteiger charge is 2.26. The van der Waals surface area contributed by atoms with E-state index in [1.807, 2.05) is 37.3 Å². The zero-order valence-corrected chi connectivity index (χ0v) is 20.5. The van der Waals surface area contributed by atoms with Crippen LogP contribution in [0.2, 0.25) is 0 Å². The third kappa shape index (κ3) is 5.38. The number of hydrogen-bond acceptors (Lipinski definition) is 6. The first-order valence-corrected chi connectivity index (χ1v) is 12.0. The lowest BCUT2D eigenvalue weighted by Crippen LogP contribution is -2.37. The molecule has 8 nitrogen and oxygen atoms in total. The van der Waals surface area contributed by atoms with E-state index in [4.69, 9.17) is 9.47 Å². The molecule has 1 atom stereocenters. The van der Waals surface area contributed by atoms with Gasteiger partial charge >= 0.3 is 5.97 Å². The summed E-state index contributed by atoms with van der Waals surface area (Å²) >= 11 is 0. The minimum absolute atomic E-state index is 0.0462. The molecule has 1 saturated heterocycles. The van der Waals surface area contributed by atoms with Gasteiger partial charge in [0, 0.05) is 17.7 Å². The lowest BCUT2D eigenvalue weighted by molar-refractivity contribution is 0.0525. The fourth-order valence-electron chi connectivity index (χ4n) is 4.56. The van der Waals surface area contributed by atoms with Crippen molar-refractivity contribution >= 4 is 11.9 Å². The molecule has 8 heteroatoms. The first-order valence-electron chi connectivity index (χ1n) is 12.0. The molecule has 4 rings (SSSR count). The largest absolute Gasteiger partial charge is 0.496 e. The minimum Gasteiger partial charge on any atom is -0.496 e. The zero-order valence-electron chi connectivity index (χ0n) is 20.5. The highest BCUT2D eigenvalue weighted by atomic mass is 16.5. The summed E-state index contributed by atoms with van der Waals surface area (Å²) in [5.41, 5.74) is 3.52. The maximum atomic E-state index is 13.0. The Kier molecular flexibility index (Phi) is 7.82. The van der Waals surface area contributed by atoms with Crippen LogP contribution in [-0.4, -0.2) is 59.9 Å². The van der Waals surface area contributed by atoms with Crippen LogP contribution in [0.25, 0.3) is 5.69 Å². The number of carbonyl (C=O) groups is 2. The summed E-state index contributed by atoms with van der Waals surface area (Å²) < 4.78 is 12.3. The molecule has 0 unspecified atom stereocenters. The second-order valence-electron chi connectivity index (χ2n) is 8.53. The van der Waals surface area contributed by atoms with Gasteiger partial charge in [0.2, 0.25) is 0 Å². The lowest BCUT2D eigenvalue weighted by atomic mass is 10.0. The number of hydrogen-bond donors (Lipinski definition) is 1. The molecule has 0 radical (unpaired) electrons. The van der Waals surface area contributed by atoms with E-state index in [2.05, 4.69) is 21.4 Å². The van der Waals surface area contributed by atoms with Crippen LogP contribution >= 0.6 is 0 Å². The number of methoxy groups -OCH3 is 1. The minimum atomic E-state index is -0.394. The predicted molar refractivity (Wildman–Crippen MR) is 133 cm³/mol. The number of benzene rings is 2. The van der Waals surface area contributed by atoms with Gasteiger partial charge in [-0.15, -0.1) is 0 Å². The molecule has 1 amide bonds. The smallest absolute Gasteiger partial charge is 0.341 e. The molecule has 0 aliphatic carbocycles. The van der Waals surface area contributed by atoms with Gasteiger partial charge in [0.25, 0.3) is 5.91 Å². The van der Waals surface area contributed by atoms with Crippen molar-refractivity contribution in [3.63, 3.8) is 0 Å². The van der Waals surface area contributed by atoms with Gasteiger partial charge in [0.15, 0.2) is 0 Å². The molecule has 0 saturated carbocycles. The van der Waals surface area contributed by atoms with E-state index in [0.717, 1.165) is 42.9 Å². The molecule has 2 heterocycles. The average Bonchev–Trinajstić information content (AvgIpc) is 3.55. The molecule has 3 aromatic rings. The summed E-state index contributed by atoms with van der Waals surface area (Å²) in [5, 5.41) is 7.42. The van der Waals surface area contributed by atoms with E-state index < -0.39 is 5.97 Å². The van der Waals surface area contributed by atoms with E-state index >= 15 is 0 Å². The number of nitrogens with one attached hydrogen (secondary N) is 1. The van der Waals surface area contributed by atoms with Crippen molar-refractivity contribution in [2.45, 2.75) is 32.7 Å². The van der Waals surface area contributed by atoms with Gasteiger partial charge < -0.3 is 14.8 Å². The summed E-state index contributed by atoms with van der Waals surface area (Å²) in [6, 6.07) is 15.2. The Labute approximate surface area is 205 Å². The van der Waals surface area contributed by atoms with E-state index in [-0.39, 0.29) is 11.9 Å². The van der Waals surface area contributed by atoms with Gasteiger partial charge in [-0.2, -0.15) is 5.10 Å². The summed E-state index contributed by atoms with van der Waals surface area (Å²) in [6.07, 6.45) is 3.82. The second kappa shape index (κ2) is 11.2. The number of rotatable bonds is 9. The summed E-state index contributed by atoms with van der Waals surface area (Å²) in [4.78, 5) is 27.5. The molecule has 1 aliphatic rings. The van der Waals surface area contributed by atoms with Crippen molar-refractivity contribution in [2.75, 3.05) is 33.4 Å². The van der Waals surface area contributed by atoms with Crippen molar-refractivity contribution in [3.05, 3.63) is 77.1 Å². The number of nitrogens with zero attached hydrogens (tertiary/aromatic N) is 3. The third-order valence-corrected chi connectivity index (χ3v) is 6.41. The molecule has 0 bridgehead atoms. The van der Waals surface area contributed by atoms with Crippen LogP contribution in [0.15, 0.2) is 54.7 Å². The molecule has 1 N–H and O–H groups in total. The number of ether oxygens (including phenoxy) is 2. The van der Waals surface area contributed by atoms with Crippen molar-refractivity contribution < 1.29 is 19.1 Å². The van der Waals surface area contributed by atoms with Gasteiger partial charge in [-0.3, -0.25) is 9.69 Å². The van der Waals surface area contributed by atoms with Crippen molar-refractivity contribution in [2.24, 2.45) is 0 Å². The number of likely N-dealkylation sites (tertiary alicyclic amines) is 1. The zero-order chi connectivity index (χ0) is 24.8. The molecule has 35 heavy (non-hydrogen) atoms. The first kappa shape index (κ1) is 24.5. The van der Waals surface area contributed by atoms with Crippen LogP contribution in [0.4, 0.5) is 0 Å². The average molecular weight is 477 g/mol. The molecule has 1 fully saturated rings. The van der Waals surface area contributed by atoms with Gasteiger partial charge in [-0.25, -0.2) is 9.48 Å². The molecule has 1 aliphatic heterocycles. The summed E-state index contributed by atoms with van der Waals surface area (Å²) in [7, 11) is 1.68. The van der Waals surface area contributed by atoms with E-state index in [1.165, 1.54) is 6.20 Å². The van der Waals surface area contributed by atoms with Crippen LogP contribution in [0.3, 0.4) is 0 Å². The van der Waals surface area contributed by atoms with Crippen LogP contribution in [0, 0.1) is 6.92 Å². The topological polar surface area (TPSA) is 85.7 Å². The molecule has 2 aromatic carbocycles. The van der Waals surface area contributed by atoms with Crippen molar-refractivity contribution in [1.29, 1.82) is 0 Å². The summed E-state index contributed by atoms with van der Waals surface area (Å²) in [5.74, 6) is 0.301. The van der Waals surface area contributed by atoms with Gasteiger partial charge in [-0.1, -0.05) is 18.2 Å². The van der Waals surface area contributed by atoms with Gasteiger partial charge in [0.1, 0.15) is 11.3 Å². The van der Waals surface area contributed by atoms with Crippen LogP contribution in [0.5, 0.6) is 5.75 Å². The number of amides is 1. The van der Waals surface area contributed by atoms with Crippen molar-refractivity contribution in [3.8, 4) is 11.4 Å². The van der Waals surface area contributed by atoms with E-state index in [9.17, 15) is 9.59 Å². The van der Waals surface area contributed by atoms with Crippen LogP contribution in [-0.2, 0) is 4.74 Å². The Morgan fingerprint density at radius 3 is 2.49 bits per heavy atom. The lowest BCUT2D eigenvalue weighted by Gasteiger charge is -2.29. The fourth-order valence-corrected chi connectivity index (χ4v) is 4.56. The number of esters is 1. The van der Waals surface area contributed by atoms with E-state index in [1.54, 1.807) is 30.8 Å². The van der Waals surface area contributed by atoms with Crippen LogP contribution in [0.1, 0.15) is 57.8 Å². The standard InChI is InChI=1S/C27H32N4O4/c1-4-35-27(33)23-17-29-31(19(23)2)21-13-11-20(12-14-21)26(32)28-18-24(30-15-7-8-16-30)22-9-5-6-10-25(22)34-3/h5-6,9-14,17,24H,4,7-8,15-16,18H2,1-3H3,(H,28,32)/t24-/m1/s1. The van der Waals surface area contributed by atoms with Gasteiger partial charge in [-0.05, 0) is 70.1 Å². The highest BCUT2D eigenvalue weighted by molar-refractivity contribution is 5.94. The number of carbonyl (C=O) groups excluding carboxylic acids is 2. The first-order chi connectivity index (χ1) is 17.0. The molecular weight excluding hydrogens is 444 g/mol. The monoisotopic (exact) mass is 476 g/mol. The Morgan fingerprint density at radius 2 is 1.80 bits per heavy atom. The molecule has 1 aromatic heterocycles. The third-order valence-electron chi connectivity index (χ3n) is 6.41. The van der Waals surface area contributed by atoms with Crippen LogP contribution < -0.4 is 10.1 Å². The maximum Gasteiger partial charge on any atom is 0.341 e. The molecule has 0 spiro atoms. The Balaban J connectivity index is 1.46. The second-order valence-corrected chi connectivity index (χ2v) is 8.53. The molecular formula is C27H32N4O4. The Morgan fingerprint density at radius 1 is 1.09 bits per heavy atom. The highest BCUT2D eigenvalue weighted by Crippen LogP contribution is 2.31. The van der Waals surface area contributed by atoms with Gasteiger partial charge in [0.05, 0.1) is 37.3 Å². The van der Waals surface area contributed by atoms with E-state index in [0.29, 0.717) is 30.0 Å². The SMILES string of the molecule is CCOC(=O)c1cnn(-c2ccc(C(=O)NC[C@H](c3ccccc3OC)N3CCCC3)cc2)c1C.